The van der Waals surface area contributed by atoms with E-state index in [1.165, 1.54) is 7.05 Å². The number of nitrogens with zero attached hydrogens (tertiary/aromatic N) is 1. The van der Waals surface area contributed by atoms with Crippen LogP contribution >= 0.6 is 0 Å². The molecule has 0 unspecified atom stereocenters. The maximum absolute atomic E-state index is 12.9. The van der Waals surface area contributed by atoms with Crippen LogP contribution in [0.4, 0.5) is 0 Å². The number of H-pyrrole nitrogens is 1. The van der Waals surface area contributed by atoms with Gasteiger partial charge in [0.05, 0.1) is 30.7 Å². The summed E-state index contributed by atoms with van der Waals surface area (Å²) in [5.74, 6) is -0.728. The Hall–Kier alpha value is -3.19. The van der Waals surface area contributed by atoms with Gasteiger partial charge in [-0.1, -0.05) is 18.2 Å². The summed E-state index contributed by atoms with van der Waals surface area (Å²) in [6.07, 6.45) is 0. The van der Waals surface area contributed by atoms with E-state index in [1.54, 1.807) is 0 Å². The number of hydrogen-bond donors (Lipinski definition) is 3. The number of hydrogen-bond acceptors (Lipinski definition) is 3. The van der Waals surface area contributed by atoms with Crippen molar-refractivity contribution in [2.75, 3.05) is 27.7 Å². The normalized spacial score (nSPS) is 13.8. The maximum atomic E-state index is 12.9. The Balaban J connectivity index is 1.98. The van der Waals surface area contributed by atoms with Crippen LogP contribution in [0.1, 0.15) is 31.8 Å². The first-order valence-electron chi connectivity index (χ1n) is 9.25. The smallest absolute Gasteiger partial charge is 0.275 e. The molecule has 0 saturated carbocycles. The highest BCUT2D eigenvalue weighted by Gasteiger charge is 2.38. The van der Waals surface area contributed by atoms with Crippen molar-refractivity contribution in [1.82, 2.24) is 15.2 Å². The fourth-order valence-electron chi connectivity index (χ4n) is 4.00. The number of rotatable bonds is 4. The molecule has 1 aliphatic heterocycles. The van der Waals surface area contributed by atoms with Crippen LogP contribution in [0.3, 0.4) is 0 Å². The Morgan fingerprint density at radius 1 is 1.14 bits per heavy atom. The van der Waals surface area contributed by atoms with E-state index in [2.05, 4.69) is 10.3 Å². The number of carbonyl (C=O) groups is 3. The molecule has 0 fully saturated rings. The molecule has 0 saturated heterocycles. The van der Waals surface area contributed by atoms with Gasteiger partial charge < -0.3 is 15.2 Å². The fourth-order valence-corrected chi connectivity index (χ4v) is 4.00. The van der Waals surface area contributed by atoms with E-state index >= 15 is 0 Å². The van der Waals surface area contributed by atoms with Crippen LogP contribution in [-0.2, 0) is 11.3 Å². The van der Waals surface area contributed by atoms with Crippen LogP contribution in [0.15, 0.2) is 24.3 Å². The summed E-state index contributed by atoms with van der Waals surface area (Å²) in [5, 5.41) is 4.78. The number of likely N-dealkylation sites (N-methyl/N-ethyl adjacent to an activating group) is 1. The van der Waals surface area contributed by atoms with Crippen molar-refractivity contribution in [3.8, 4) is 0 Å². The molecule has 7 heteroatoms. The van der Waals surface area contributed by atoms with Gasteiger partial charge in [0.1, 0.15) is 0 Å². The van der Waals surface area contributed by atoms with Crippen LogP contribution in [0.25, 0.3) is 21.8 Å². The monoisotopic (exact) mass is 379 g/mol. The minimum atomic E-state index is -0.322. The second-order valence-electron chi connectivity index (χ2n) is 7.60. The number of aromatic nitrogens is 1. The van der Waals surface area contributed by atoms with Crippen LogP contribution in [0.2, 0.25) is 0 Å². The van der Waals surface area contributed by atoms with Gasteiger partial charge in [0, 0.05) is 29.9 Å². The van der Waals surface area contributed by atoms with E-state index in [1.807, 2.05) is 45.3 Å². The van der Waals surface area contributed by atoms with Gasteiger partial charge in [0.2, 0.25) is 0 Å². The van der Waals surface area contributed by atoms with Crippen molar-refractivity contribution >= 4 is 39.5 Å². The molecule has 2 heterocycles. The minimum Gasteiger partial charge on any atom is -0.354 e. The highest BCUT2D eigenvalue weighted by molar-refractivity contribution is 6.27. The third-order valence-electron chi connectivity index (χ3n) is 5.32. The lowest BCUT2D eigenvalue weighted by molar-refractivity contribution is -0.849. The molecule has 1 aliphatic rings. The second kappa shape index (κ2) is 6.45. The lowest BCUT2D eigenvalue weighted by atomic mass is 9.92. The Bertz CT molecular complexity index is 1160. The molecule has 4 rings (SSSR count). The topological polar surface area (TPSA) is 86.7 Å². The van der Waals surface area contributed by atoms with Gasteiger partial charge >= 0.3 is 0 Å². The van der Waals surface area contributed by atoms with Crippen LogP contribution < -0.4 is 10.2 Å². The number of para-hydroxylation sites is 1. The minimum absolute atomic E-state index is 0.104. The molecular weight excluding hydrogens is 356 g/mol. The molecule has 0 atom stereocenters. The number of fused-ring (bicyclic) bond motifs is 4. The zero-order valence-electron chi connectivity index (χ0n) is 16.4. The lowest BCUT2D eigenvalue weighted by Gasteiger charge is -2.13. The first kappa shape index (κ1) is 18.2. The van der Waals surface area contributed by atoms with Crippen molar-refractivity contribution in [2.24, 2.45) is 0 Å². The molecule has 2 aromatic carbocycles. The number of nitrogens with one attached hydrogen (secondary N) is 3. The number of amides is 3. The average molecular weight is 379 g/mol. The molecular formula is C21H23N4O3+. The molecule has 144 valence electrons. The Kier molecular flexibility index (Phi) is 4.19. The van der Waals surface area contributed by atoms with E-state index in [0.717, 1.165) is 37.2 Å². The summed E-state index contributed by atoms with van der Waals surface area (Å²) in [5.41, 5.74) is 4.05. The van der Waals surface area contributed by atoms with Crippen LogP contribution in [0.5, 0.6) is 0 Å². The summed E-state index contributed by atoms with van der Waals surface area (Å²) in [7, 11) is 5.30. The van der Waals surface area contributed by atoms with Crippen LogP contribution in [-0.4, -0.2) is 55.3 Å². The number of aryl methyl sites for hydroxylation is 1. The first-order chi connectivity index (χ1) is 13.3. The molecule has 3 N–H and O–H groups in total. The zero-order chi connectivity index (χ0) is 20.2. The van der Waals surface area contributed by atoms with Gasteiger partial charge in [-0.05, 0) is 24.1 Å². The van der Waals surface area contributed by atoms with Crippen molar-refractivity contribution in [3.05, 3.63) is 46.5 Å². The summed E-state index contributed by atoms with van der Waals surface area (Å²) in [6, 6.07) is 7.83. The van der Waals surface area contributed by atoms with E-state index in [4.69, 9.17) is 0 Å². The Morgan fingerprint density at radius 3 is 2.54 bits per heavy atom. The molecule has 3 aromatic rings. The number of carbonyl (C=O) groups excluding carboxylic acids is 3. The summed E-state index contributed by atoms with van der Waals surface area (Å²) < 4.78 is 0. The van der Waals surface area contributed by atoms with E-state index in [9.17, 15) is 14.4 Å². The van der Waals surface area contributed by atoms with Crippen molar-refractivity contribution in [1.29, 1.82) is 0 Å². The fraction of sp³-hybridized carbons (Fsp3) is 0.286. The summed E-state index contributed by atoms with van der Waals surface area (Å²) in [4.78, 5) is 43.4. The Morgan fingerprint density at radius 2 is 1.82 bits per heavy atom. The van der Waals surface area contributed by atoms with Crippen molar-refractivity contribution in [3.63, 3.8) is 0 Å². The zero-order valence-corrected chi connectivity index (χ0v) is 16.4. The molecule has 7 nitrogen and oxygen atoms in total. The van der Waals surface area contributed by atoms with Gasteiger partial charge in [-0.15, -0.1) is 0 Å². The van der Waals surface area contributed by atoms with Gasteiger partial charge in [0.25, 0.3) is 17.7 Å². The van der Waals surface area contributed by atoms with Gasteiger partial charge in [-0.2, -0.15) is 0 Å². The van der Waals surface area contributed by atoms with E-state index < -0.39 is 0 Å². The number of aromatic amines is 1. The highest BCUT2D eigenvalue weighted by atomic mass is 16.2. The van der Waals surface area contributed by atoms with Crippen LogP contribution in [0, 0.1) is 6.92 Å². The van der Waals surface area contributed by atoms with Crippen molar-refractivity contribution < 1.29 is 19.3 Å². The maximum Gasteiger partial charge on any atom is 0.275 e. The first-order valence-corrected chi connectivity index (χ1v) is 9.25. The highest BCUT2D eigenvalue weighted by Crippen LogP contribution is 2.38. The largest absolute Gasteiger partial charge is 0.354 e. The van der Waals surface area contributed by atoms with Gasteiger partial charge in [0.15, 0.2) is 6.54 Å². The van der Waals surface area contributed by atoms with Gasteiger partial charge in [-0.3, -0.25) is 19.3 Å². The summed E-state index contributed by atoms with van der Waals surface area (Å²) in [6.45, 7) is 2.39. The number of quaternary nitrogens is 1. The second-order valence-corrected chi connectivity index (χ2v) is 7.60. The summed E-state index contributed by atoms with van der Waals surface area (Å²) >= 11 is 0. The molecule has 3 amide bonds. The molecule has 0 aliphatic carbocycles. The predicted molar refractivity (Wildman–Crippen MR) is 106 cm³/mol. The van der Waals surface area contributed by atoms with Gasteiger partial charge in [-0.25, -0.2) is 0 Å². The number of imide groups is 1. The predicted octanol–water partition coefficient (Wildman–Crippen LogP) is 0.616. The SMILES string of the molecule is Cc1c2c(c(CNC(=O)C[NH+](C)C)c3c1[nH]c1ccccc13)C(=O)N(C)C2=O. The average Bonchev–Trinajstić information content (AvgIpc) is 3.14. The lowest BCUT2D eigenvalue weighted by Crippen LogP contribution is -3.07. The molecule has 1 aromatic heterocycles. The standard InChI is InChI=1S/C21H22N4O3/c1-11-16-18(21(28)25(4)20(16)27)13(9-22-15(26)10-24(2)3)17-12-7-5-6-8-14(12)23-19(11)17/h5-8,23H,9-10H2,1-4H3,(H,22,26)/p+1. The van der Waals surface area contributed by atoms with E-state index in [-0.39, 0.29) is 24.3 Å². The molecule has 0 radical (unpaired) electrons. The molecule has 0 spiro atoms. The molecule has 28 heavy (non-hydrogen) atoms. The van der Waals surface area contributed by atoms with E-state index in [0.29, 0.717) is 23.2 Å². The molecule has 0 bridgehead atoms. The Labute approximate surface area is 162 Å². The van der Waals surface area contributed by atoms with Crippen molar-refractivity contribution in [2.45, 2.75) is 13.5 Å². The third-order valence-corrected chi connectivity index (χ3v) is 5.32. The quantitative estimate of drug-likeness (QED) is 0.581. The number of benzene rings is 2. The third kappa shape index (κ3) is 2.58.